The van der Waals surface area contributed by atoms with Gasteiger partial charge in [0.25, 0.3) is 0 Å². The van der Waals surface area contributed by atoms with Crippen LogP contribution in [0.3, 0.4) is 0 Å². The molecule has 0 aromatic heterocycles. The van der Waals surface area contributed by atoms with Gasteiger partial charge in [0.15, 0.2) is 9.84 Å². The summed E-state index contributed by atoms with van der Waals surface area (Å²) in [5.74, 6) is 0.288. The van der Waals surface area contributed by atoms with Crippen molar-refractivity contribution in [1.82, 2.24) is 15.1 Å². The van der Waals surface area contributed by atoms with Crippen molar-refractivity contribution in [2.24, 2.45) is 0 Å². The molecule has 0 aromatic carbocycles. The van der Waals surface area contributed by atoms with Gasteiger partial charge in [0.1, 0.15) is 0 Å². The number of urea groups is 1. The fourth-order valence-electron chi connectivity index (χ4n) is 2.67. The molecule has 0 unspecified atom stereocenters. The molecule has 2 heterocycles. The average molecular weight is 289 g/mol. The van der Waals surface area contributed by atoms with Crippen molar-refractivity contribution in [2.45, 2.75) is 25.8 Å². The molecule has 110 valence electrons. The lowest BCUT2D eigenvalue weighted by molar-refractivity contribution is 0.138. The number of sulfone groups is 1. The lowest BCUT2D eigenvalue weighted by atomic mass is 10.2. The topological polar surface area (TPSA) is 69.7 Å². The van der Waals surface area contributed by atoms with Gasteiger partial charge < -0.3 is 10.2 Å². The quantitative estimate of drug-likeness (QED) is 0.788. The Morgan fingerprint density at radius 2 is 1.95 bits per heavy atom. The van der Waals surface area contributed by atoms with Crippen molar-refractivity contribution in [3.63, 3.8) is 0 Å². The van der Waals surface area contributed by atoms with Crippen LogP contribution >= 0.6 is 0 Å². The molecule has 0 bridgehead atoms. The number of carbonyl (C=O) groups excluding carboxylic acids is 1. The van der Waals surface area contributed by atoms with E-state index in [-0.39, 0.29) is 23.6 Å². The van der Waals surface area contributed by atoms with Gasteiger partial charge in [0.05, 0.1) is 11.5 Å². The molecule has 1 atom stereocenters. The van der Waals surface area contributed by atoms with E-state index >= 15 is 0 Å². The van der Waals surface area contributed by atoms with Gasteiger partial charge in [-0.1, -0.05) is 6.92 Å². The second-order valence-electron chi connectivity index (χ2n) is 5.38. The van der Waals surface area contributed by atoms with Gasteiger partial charge in [0, 0.05) is 32.2 Å². The first-order valence-electron chi connectivity index (χ1n) is 6.98. The Balaban J connectivity index is 1.76. The Morgan fingerprint density at radius 3 is 2.47 bits per heavy atom. The average Bonchev–Trinajstić information content (AvgIpc) is 2.70. The van der Waals surface area contributed by atoms with Gasteiger partial charge in [-0.25, -0.2) is 13.2 Å². The molecular weight excluding hydrogens is 266 g/mol. The van der Waals surface area contributed by atoms with E-state index in [9.17, 15) is 13.2 Å². The van der Waals surface area contributed by atoms with E-state index in [0.717, 1.165) is 39.1 Å². The van der Waals surface area contributed by atoms with Crippen molar-refractivity contribution >= 4 is 15.9 Å². The van der Waals surface area contributed by atoms with Crippen molar-refractivity contribution in [2.75, 3.05) is 44.2 Å². The molecule has 1 N–H and O–H groups in total. The summed E-state index contributed by atoms with van der Waals surface area (Å²) < 4.78 is 22.7. The van der Waals surface area contributed by atoms with Gasteiger partial charge in [-0.2, -0.15) is 0 Å². The van der Waals surface area contributed by atoms with Crippen molar-refractivity contribution < 1.29 is 13.2 Å². The number of piperazine rings is 1. The summed E-state index contributed by atoms with van der Waals surface area (Å²) in [5, 5.41) is 2.84. The van der Waals surface area contributed by atoms with E-state index in [2.05, 4.69) is 17.1 Å². The highest BCUT2D eigenvalue weighted by Gasteiger charge is 2.30. The van der Waals surface area contributed by atoms with Gasteiger partial charge in [-0.3, -0.25) is 4.90 Å². The largest absolute Gasteiger partial charge is 0.334 e. The summed E-state index contributed by atoms with van der Waals surface area (Å²) >= 11 is 0. The first-order valence-corrected chi connectivity index (χ1v) is 8.80. The maximum Gasteiger partial charge on any atom is 0.317 e. The smallest absolute Gasteiger partial charge is 0.317 e. The summed E-state index contributed by atoms with van der Waals surface area (Å²) in [7, 11) is -2.93. The third kappa shape index (κ3) is 4.07. The van der Waals surface area contributed by atoms with Crippen LogP contribution in [0.4, 0.5) is 4.79 Å². The van der Waals surface area contributed by atoms with Crippen LogP contribution in [0.15, 0.2) is 0 Å². The predicted molar refractivity (Wildman–Crippen MR) is 73.9 cm³/mol. The molecular formula is C12H23N3O3S. The Hall–Kier alpha value is -0.820. The summed E-state index contributed by atoms with van der Waals surface area (Å²) in [6.45, 7) is 6.50. The van der Waals surface area contributed by atoms with Crippen LogP contribution in [0.1, 0.15) is 19.8 Å². The van der Waals surface area contributed by atoms with Crippen molar-refractivity contribution in [1.29, 1.82) is 0 Å². The monoisotopic (exact) mass is 289 g/mol. The summed E-state index contributed by atoms with van der Waals surface area (Å²) in [5.41, 5.74) is 0. The van der Waals surface area contributed by atoms with E-state index in [1.807, 2.05) is 0 Å². The van der Waals surface area contributed by atoms with Gasteiger partial charge in [0.2, 0.25) is 0 Å². The molecule has 0 radical (unpaired) electrons. The lowest BCUT2D eigenvalue weighted by Gasteiger charge is -2.35. The van der Waals surface area contributed by atoms with Gasteiger partial charge in [-0.05, 0) is 19.4 Å². The maximum atomic E-state index is 12.0. The molecule has 2 saturated heterocycles. The van der Waals surface area contributed by atoms with Crippen molar-refractivity contribution in [3.05, 3.63) is 0 Å². The first kappa shape index (κ1) is 14.6. The van der Waals surface area contributed by atoms with E-state index in [1.54, 1.807) is 4.90 Å². The van der Waals surface area contributed by atoms with Crippen LogP contribution in [0.2, 0.25) is 0 Å². The summed E-state index contributed by atoms with van der Waals surface area (Å²) in [6.07, 6.45) is 1.68. The number of nitrogens with one attached hydrogen (secondary N) is 1. The van der Waals surface area contributed by atoms with Crippen LogP contribution in [-0.2, 0) is 9.84 Å². The highest BCUT2D eigenvalue weighted by molar-refractivity contribution is 7.91. The maximum absolute atomic E-state index is 12.0. The van der Waals surface area contributed by atoms with Crippen LogP contribution in [0.25, 0.3) is 0 Å². The molecule has 7 heteroatoms. The minimum absolute atomic E-state index is 0.0918. The number of amides is 2. The highest BCUT2D eigenvalue weighted by Crippen LogP contribution is 2.12. The molecule has 19 heavy (non-hydrogen) atoms. The molecule has 0 aliphatic carbocycles. The predicted octanol–water partition coefficient (Wildman–Crippen LogP) is -0.0893. The van der Waals surface area contributed by atoms with Crippen molar-refractivity contribution in [3.8, 4) is 0 Å². The van der Waals surface area contributed by atoms with Gasteiger partial charge in [-0.15, -0.1) is 0 Å². The molecule has 2 fully saturated rings. The molecule has 0 saturated carbocycles. The minimum Gasteiger partial charge on any atom is -0.334 e. The summed E-state index contributed by atoms with van der Waals surface area (Å²) in [6, 6.07) is -0.315. The number of rotatable bonds is 3. The Bertz CT molecular complexity index is 416. The zero-order valence-electron chi connectivity index (χ0n) is 11.5. The Morgan fingerprint density at radius 1 is 1.26 bits per heavy atom. The molecule has 2 aliphatic rings. The van der Waals surface area contributed by atoms with E-state index in [0.29, 0.717) is 6.42 Å². The molecule has 2 rings (SSSR count). The van der Waals surface area contributed by atoms with E-state index < -0.39 is 9.84 Å². The molecule has 2 amide bonds. The van der Waals surface area contributed by atoms with E-state index in [4.69, 9.17) is 0 Å². The SMILES string of the molecule is CCCN1CCN(C(=O)N[C@@H]2CCS(=O)(=O)C2)CC1. The fourth-order valence-corrected chi connectivity index (χ4v) is 4.34. The lowest BCUT2D eigenvalue weighted by Crippen LogP contribution is -2.53. The highest BCUT2D eigenvalue weighted by atomic mass is 32.2. The van der Waals surface area contributed by atoms with Crippen LogP contribution in [0, 0.1) is 0 Å². The Labute approximate surface area is 115 Å². The number of nitrogens with zero attached hydrogens (tertiary/aromatic N) is 2. The molecule has 6 nitrogen and oxygen atoms in total. The second-order valence-corrected chi connectivity index (χ2v) is 7.61. The number of hydrogen-bond acceptors (Lipinski definition) is 4. The normalized spacial score (nSPS) is 27.4. The fraction of sp³-hybridized carbons (Fsp3) is 0.917. The molecule has 2 aliphatic heterocycles. The van der Waals surface area contributed by atoms with Crippen LogP contribution in [-0.4, -0.2) is 74.5 Å². The molecule has 0 spiro atoms. The number of hydrogen-bond donors (Lipinski definition) is 1. The zero-order chi connectivity index (χ0) is 13.9. The van der Waals surface area contributed by atoms with Crippen LogP contribution < -0.4 is 5.32 Å². The first-order chi connectivity index (χ1) is 9.00. The van der Waals surface area contributed by atoms with Gasteiger partial charge >= 0.3 is 6.03 Å². The number of carbonyl (C=O) groups is 1. The van der Waals surface area contributed by atoms with Crippen LogP contribution in [0.5, 0.6) is 0 Å². The minimum atomic E-state index is -2.93. The van der Waals surface area contributed by atoms with E-state index in [1.165, 1.54) is 0 Å². The second kappa shape index (κ2) is 6.09. The molecule has 0 aromatic rings. The third-order valence-electron chi connectivity index (χ3n) is 3.76. The summed E-state index contributed by atoms with van der Waals surface area (Å²) in [4.78, 5) is 16.2. The third-order valence-corrected chi connectivity index (χ3v) is 5.53. The Kier molecular flexibility index (Phi) is 4.67. The standard InChI is InChI=1S/C12H23N3O3S/c1-2-4-14-5-7-15(8-6-14)12(16)13-11-3-9-19(17,18)10-11/h11H,2-10H2,1H3,(H,13,16)/t11-/m1/s1. The zero-order valence-corrected chi connectivity index (χ0v) is 12.3.